The Bertz CT molecular complexity index is 928. The summed E-state index contributed by atoms with van der Waals surface area (Å²) in [6.07, 6.45) is 3.09. The summed E-state index contributed by atoms with van der Waals surface area (Å²) >= 11 is 0. The number of aromatic carboxylic acids is 1. The fraction of sp³-hybridized carbons (Fsp3) is 0.438. The average Bonchev–Trinajstić information content (AvgIpc) is 3.37. The third-order valence-corrected chi connectivity index (χ3v) is 4.90. The summed E-state index contributed by atoms with van der Waals surface area (Å²) in [5.41, 5.74) is 5.13. The number of anilines is 1. The Balaban J connectivity index is 0.00000182. The van der Waals surface area contributed by atoms with Gasteiger partial charge in [0.1, 0.15) is 11.2 Å². The van der Waals surface area contributed by atoms with Gasteiger partial charge in [-0.25, -0.2) is 14.2 Å². The number of pyridine rings is 2. The van der Waals surface area contributed by atoms with Gasteiger partial charge in [0, 0.05) is 30.9 Å². The number of nitrogens with zero attached hydrogens (tertiary/aromatic N) is 3. The first kappa shape index (κ1) is 17.6. The van der Waals surface area contributed by atoms with Crippen molar-refractivity contribution in [2.45, 2.75) is 37.9 Å². The van der Waals surface area contributed by atoms with E-state index in [0.29, 0.717) is 12.2 Å². The smallest absolute Gasteiger partial charge is 0.341 e. The molecule has 0 radical (unpaired) electrons. The minimum absolute atomic E-state index is 0. The number of rotatable bonds is 3. The molecule has 0 unspecified atom stereocenters. The fourth-order valence-electron chi connectivity index (χ4n) is 3.14. The van der Waals surface area contributed by atoms with Crippen LogP contribution in [0.25, 0.3) is 11.0 Å². The first-order chi connectivity index (χ1) is 11.4. The number of aromatic nitrogens is 2. The number of carboxylic acid groups (broad SMARTS) is 1. The van der Waals surface area contributed by atoms with Crippen LogP contribution >= 0.6 is 12.4 Å². The molecule has 2 aromatic rings. The molecular weight excluding hydrogens is 351 g/mol. The van der Waals surface area contributed by atoms with Crippen LogP contribution in [-0.4, -0.2) is 39.3 Å². The van der Waals surface area contributed by atoms with Gasteiger partial charge in [0.25, 0.3) is 0 Å². The maximum atomic E-state index is 14.5. The van der Waals surface area contributed by atoms with Gasteiger partial charge in [-0.3, -0.25) is 4.79 Å². The van der Waals surface area contributed by atoms with Crippen molar-refractivity contribution in [1.29, 1.82) is 0 Å². The van der Waals surface area contributed by atoms with Gasteiger partial charge in [-0.15, -0.1) is 12.4 Å². The molecule has 1 aliphatic carbocycles. The SMILES string of the molecule is C[C@H]1[C@H](N)CN1c1nc2c(cc1F)c(=O)c(C(=O)O)cn2C1CC1.Cl. The summed E-state index contributed by atoms with van der Waals surface area (Å²) in [5.74, 6) is -1.79. The molecule has 0 bridgehead atoms. The second-order valence-corrected chi connectivity index (χ2v) is 6.54. The number of hydrogen-bond acceptors (Lipinski definition) is 5. The van der Waals surface area contributed by atoms with Gasteiger partial charge in [-0.05, 0) is 25.8 Å². The van der Waals surface area contributed by atoms with E-state index < -0.39 is 17.2 Å². The molecule has 4 rings (SSSR count). The fourth-order valence-corrected chi connectivity index (χ4v) is 3.14. The molecule has 1 saturated heterocycles. The van der Waals surface area contributed by atoms with E-state index in [9.17, 15) is 19.1 Å². The van der Waals surface area contributed by atoms with Crippen LogP contribution in [0, 0.1) is 5.82 Å². The van der Waals surface area contributed by atoms with Crippen LogP contribution in [0.5, 0.6) is 0 Å². The summed E-state index contributed by atoms with van der Waals surface area (Å²) in [7, 11) is 0. The van der Waals surface area contributed by atoms with E-state index in [1.165, 1.54) is 6.20 Å². The molecule has 2 atom stereocenters. The Morgan fingerprint density at radius 2 is 2.12 bits per heavy atom. The minimum atomic E-state index is -1.32. The minimum Gasteiger partial charge on any atom is -0.477 e. The molecule has 0 spiro atoms. The van der Waals surface area contributed by atoms with Crippen LogP contribution in [0.2, 0.25) is 0 Å². The van der Waals surface area contributed by atoms with Crippen molar-refractivity contribution in [3.8, 4) is 0 Å². The van der Waals surface area contributed by atoms with Gasteiger partial charge in [-0.1, -0.05) is 0 Å². The number of carbonyl (C=O) groups is 1. The highest BCUT2D eigenvalue weighted by Gasteiger charge is 2.36. The molecule has 134 valence electrons. The lowest BCUT2D eigenvalue weighted by Gasteiger charge is -2.45. The Hall–Kier alpha value is -2.19. The number of carboxylic acids is 1. The van der Waals surface area contributed by atoms with Crippen molar-refractivity contribution in [2.24, 2.45) is 5.73 Å². The van der Waals surface area contributed by atoms with E-state index >= 15 is 0 Å². The molecule has 2 fully saturated rings. The largest absolute Gasteiger partial charge is 0.477 e. The number of nitrogens with two attached hydrogens (primary N) is 1. The second kappa shape index (κ2) is 5.96. The van der Waals surface area contributed by atoms with Crippen molar-refractivity contribution >= 4 is 35.2 Å². The third kappa shape index (κ3) is 2.65. The molecule has 0 aromatic carbocycles. The van der Waals surface area contributed by atoms with E-state index in [-0.39, 0.29) is 47.3 Å². The van der Waals surface area contributed by atoms with E-state index in [2.05, 4.69) is 4.98 Å². The Morgan fingerprint density at radius 3 is 2.64 bits per heavy atom. The summed E-state index contributed by atoms with van der Waals surface area (Å²) in [6, 6.07) is 1.13. The summed E-state index contributed by atoms with van der Waals surface area (Å²) in [4.78, 5) is 29.8. The summed E-state index contributed by atoms with van der Waals surface area (Å²) < 4.78 is 16.2. The van der Waals surface area contributed by atoms with Gasteiger partial charge in [-0.2, -0.15) is 0 Å². The Morgan fingerprint density at radius 1 is 1.44 bits per heavy atom. The van der Waals surface area contributed by atoms with Crippen molar-refractivity contribution in [1.82, 2.24) is 9.55 Å². The number of halogens is 2. The zero-order valence-electron chi connectivity index (χ0n) is 13.5. The lowest BCUT2D eigenvalue weighted by Crippen LogP contribution is -2.63. The van der Waals surface area contributed by atoms with Gasteiger partial charge in [0.05, 0.1) is 5.39 Å². The normalized spacial score (nSPS) is 22.4. The second-order valence-electron chi connectivity index (χ2n) is 6.54. The number of hydrogen-bond donors (Lipinski definition) is 2. The van der Waals surface area contributed by atoms with Gasteiger partial charge in [0.15, 0.2) is 11.6 Å². The van der Waals surface area contributed by atoms with Crippen molar-refractivity contribution < 1.29 is 14.3 Å². The average molecular weight is 369 g/mol. The molecule has 3 heterocycles. The van der Waals surface area contributed by atoms with Crippen LogP contribution in [-0.2, 0) is 0 Å². The monoisotopic (exact) mass is 368 g/mol. The first-order valence-electron chi connectivity index (χ1n) is 7.89. The van der Waals surface area contributed by atoms with Crippen LogP contribution in [0.1, 0.15) is 36.2 Å². The van der Waals surface area contributed by atoms with Crippen LogP contribution < -0.4 is 16.1 Å². The maximum absolute atomic E-state index is 14.5. The Labute approximate surface area is 148 Å². The van der Waals surface area contributed by atoms with E-state index in [4.69, 9.17) is 5.73 Å². The van der Waals surface area contributed by atoms with Gasteiger partial charge >= 0.3 is 5.97 Å². The zero-order chi connectivity index (χ0) is 17.2. The molecule has 3 N–H and O–H groups in total. The third-order valence-electron chi connectivity index (χ3n) is 4.90. The van der Waals surface area contributed by atoms with Crippen molar-refractivity contribution in [2.75, 3.05) is 11.4 Å². The van der Waals surface area contributed by atoms with E-state index in [1.807, 2.05) is 6.92 Å². The molecule has 2 aromatic heterocycles. The van der Waals surface area contributed by atoms with Gasteiger partial charge < -0.3 is 20.3 Å². The lowest BCUT2D eigenvalue weighted by molar-refractivity contribution is 0.0695. The predicted octanol–water partition coefficient (Wildman–Crippen LogP) is 1.53. The highest BCUT2D eigenvalue weighted by atomic mass is 35.5. The molecule has 2 aliphatic rings. The molecule has 25 heavy (non-hydrogen) atoms. The highest BCUT2D eigenvalue weighted by Crippen LogP contribution is 2.37. The van der Waals surface area contributed by atoms with Crippen LogP contribution in [0.4, 0.5) is 10.2 Å². The molecule has 0 amide bonds. The van der Waals surface area contributed by atoms with Gasteiger partial charge in [0.2, 0.25) is 5.43 Å². The van der Waals surface area contributed by atoms with Crippen molar-refractivity contribution in [3.05, 3.63) is 33.9 Å². The number of fused-ring (bicyclic) bond motifs is 1. The van der Waals surface area contributed by atoms with Crippen molar-refractivity contribution in [3.63, 3.8) is 0 Å². The molecular formula is C16H18ClFN4O3. The molecule has 1 saturated carbocycles. The molecule has 1 aliphatic heterocycles. The Kier molecular flexibility index (Phi) is 4.20. The molecule has 9 heteroatoms. The first-order valence-corrected chi connectivity index (χ1v) is 7.89. The predicted molar refractivity (Wildman–Crippen MR) is 93.2 cm³/mol. The maximum Gasteiger partial charge on any atom is 0.341 e. The summed E-state index contributed by atoms with van der Waals surface area (Å²) in [6.45, 7) is 2.39. The van der Waals surface area contributed by atoms with E-state index in [0.717, 1.165) is 18.9 Å². The standard InChI is InChI=1S/C16H17FN4O3.ClH/c1-7-12(18)6-20(7)15-11(17)4-9-13(22)10(16(23)24)5-21(8-2-3-8)14(9)19-15;/h4-5,7-8,12H,2-3,6,18H2,1H3,(H,23,24);1H/t7-,12+;/m0./s1. The zero-order valence-corrected chi connectivity index (χ0v) is 14.3. The quantitative estimate of drug-likeness (QED) is 0.851. The molecule has 7 nitrogen and oxygen atoms in total. The lowest BCUT2D eigenvalue weighted by atomic mass is 9.99. The van der Waals surface area contributed by atoms with Crippen LogP contribution in [0.15, 0.2) is 17.1 Å². The van der Waals surface area contributed by atoms with Crippen LogP contribution in [0.3, 0.4) is 0 Å². The highest BCUT2D eigenvalue weighted by molar-refractivity contribution is 5.92. The van der Waals surface area contributed by atoms with E-state index in [1.54, 1.807) is 9.47 Å². The topological polar surface area (TPSA) is 101 Å². The summed E-state index contributed by atoms with van der Waals surface area (Å²) in [5, 5.41) is 9.23.